The number of likely N-dealkylation sites (tertiary alicyclic amines) is 2. The molecule has 2 atom stereocenters. The van der Waals surface area contributed by atoms with Gasteiger partial charge in [0, 0.05) is 64.2 Å². The Labute approximate surface area is 210 Å². The van der Waals surface area contributed by atoms with Crippen LogP contribution < -0.4 is 0 Å². The molecule has 2 aliphatic rings. The monoisotopic (exact) mass is 504 g/mol. The Morgan fingerprint density at radius 1 is 1.00 bits per heavy atom. The van der Waals surface area contributed by atoms with Gasteiger partial charge in [-0.25, -0.2) is 0 Å². The Bertz CT molecular complexity index is 1050. The number of carbonyl (C=O) groups excluding carboxylic acids is 3. The van der Waals surface area contributed by atoms with E-state index in [1.807, 2.05) is 24.1 Å². The van der Waals surface area contributed by atoms with E-state index in [2.05, 4.69) is 4.98 Å². The van der Waals surface area contributed by atoms with Crippen LogP contribution in [0.15, 0.2) is 36.5 Å². The van der Waals surface area contributed by atoms with Gasteiger partial charge in [-0.05, 0) is 49.1 Å². The van der Waals surface area contributed by atoms with Gasteiger partial charge < -0.3 is 19.7 Å². The van der Waals surface area contributed by atoms with Gasteiger partial charge in [0.2, 0.25) is 11.8 Å². The second kappa shape index (κ2) is 10.4. The van der Waals surface area contributed by atoms with Crippen molar-refractivity contribution >= 4 is 40.9 Å². The summed E-state index contributed by atoms with van der Waals surface area (Å²) in [5.74, 6) is -0.0868. The number of carbonyl (C=O) groups is 3. The maximum Gasteiger partial charge on any atom is 0.270 e. The maximum atomic E-state index is 13.4. The van der Waals surface area contributed by atoms with Crippen molar-refractivity contribution in [2.24, 2.45) is 5.92 Å². The van der Waals surface area contributed by atoms with Crippen LogP contribution in [0.5, 0.6) is 0 Å². The zero-order valence-corrected chi connectivity index (χ0v) is 21.0. The van der Waals surface area contributed by atoms with E-state index in [4.69, 9.17) is 23.2 Å². The molecule has 9 heteroatoms. The largest absolute Gasteiger partial charge is 0.357 e. The van der Waals surface area contributed by atoms with Gasteiger partial charge in [-0.15, -0.1) is 0 Å². The summed E-state index contributed by atoms with van der Waals surface area (Å²) in [5, 5.41) is 0.926. The van der Waals surface area contributed by atoms with Crippen molar-refractivity contribution in [3.63, 3.8) is 0 Å². The molecule has 0 spiro atoms. The molecule has 3 heterocycles. The van der Waals surface area contributed by atoms with Crippen LogP contribution in [0, 0.1) is 5.92 Å². The topological polar surface area (TPSA) is 76.7 Å². The van der Waals surface area contributed by atoms with Crippen molar-refractivity contribution in [1.29, 1.82) is 0 Å². The number of likely N-dealkylation sites (N-methyl/N-ethyl adjacent to an activating group) is 1. The van der Waals surface area contributed by atoms with E-state index in [9.17, 15) is 14.4 Å². The quantitative estimate of drug-likeness (QED) is 0.682. The van der Waals surface area contributed by atoms with E-state index in [1.54, 1.807) is 41.1 Å². The lowest BCUT2D eigenvalue weighted by atomic mass is 9.84. The van der Waals surface area contributed by atoms with E-state index in [0.717, 1.165) is 5.56 Å². The van der Waals surface area contributed by atoms with E-state index in [0.29, 0.717) is 61.2 Å². The third-order valence-corrected chi connectivity index (χ3v) is 7.93. The van der Waals surface area contributed by atoms with Gasteiger partial charge in [0.15, 0.2) is 0 Å². The molecular weight excluding hydrogens is 475 g/mol. The summed E-state index contributed by atoms with van der Waals surface area (Å²) in [5.41, 5.74) is 1.49. The van der Waals surface area contributed by atoms with Crippen molar-refractivity contribution in [3.8, 4) is 0 Å². The second-order valence-electron chi connectivity index (χ2n) is 9.20. The standard InChI is InChI=1S/C25H30Cl2N4O3/c1-16(32)30-11-7-17(8-12-30)24(33)31-13-9-23(29(2)25(34)22-4-3-10-28-22)19(15-31)18-5-6-20(26)21(27)14-18/h3-6,10,14,17,19,23,28H,7-9,11-13,15H2,1-2H3. The van der Waals surface area contributed by atoms with Gasteiger partial charge in [-0.2, -0.15) is 0 Å². The molecule has 1 N–H and O–H groups in total. The Kier molecular flexibility index (Phi) is 7.53. The molecule has 1 aromatic heterocycles. The number of piperidine rings is 2. The summed E-state index contributed by atoms with van der Waals surface area (Å²) in [4.78, 5) is 46.6. The molecule has 2 aromatic rings. The molecule has 3 amide bonds. The Morgan fingerprint density at radius 2 is 1.71 bits per heavy atom. The molecule has 34 heavy (non-hydrogen) atoms. The fourth-order valence-electron chi connectivity index (χ4n) is 5.18. The van der Waals surface area contributed by atoms with Crippen LogP contribution in [0.4, 0.5) is 0 Å². The van der Waals surface area contributed by atoms with E-state index < -0.39 is 0 Å². The van der Waals surface area contributed by atoms with Crippen molar-refractivity contribution in [3.05, 3.63) is 57.8 Å². The summed E-state index contributed by atoms with van der Waals surface area (Å²) >= 11 is 12.5. The van der Waals surface area contributed by atoms with Gasteiger partial charge >= 0.3 is 0 Å². The van der Waals surface area contributed by atoms with Crippen LogP contribution in [0.3, 0.4) is 0 Å². The molecule has 4 rings (SSSR count). The lowest BCUT2D eigenvalue weighted by Gasteiger charge is -2.44. The first-order valence-electron chi connectivity index (χ1n) is 11.7. The molecule has 2 unspecified atom stereocenters. The Balaban J connectivity index is 1.54. The highest BCUT2D eigenvalue weighted by molar-refractivity contribution is 6.42. The molecule has 0 aliphatic carbocycles. The number of benzene rings is 1. The number of H-pyrrole nitrogens is 1. The van der Waals surface area contributed by atoms with Crippen molar-refractivity contribution in [2.45, 2.75) is 38.1 Å². The molecule has 2 aliphatic heterocycles. The van der Waals surface area contributed by atoms with Crippen molar-refractivity contribution < 1.29 is 14.4 Å². The van der Waals surface area contributed by atoms with Crippen LogP contribution >= 0.6 is 23.2 Å². The number of rotatable bonds is 4. The predicted octanol–water partition coefficient (Wildman–Crippen LogP) is 4.04. The molecule has 7 nitrogen and oxygen atoms in total. The number of halogens is 2. The molecule has 0 radical (unpaired) electrons. The third kappa shape index (κ3) is 5.10. The maximum absolute atomic E-state index is 13.4. The average molecular weight is 505 g/mol. The van der Waals surface area contributed by atoms with Gasteiger partial charge in [-0.3, -0.25) is 14.4 Å². The van der Waals surface area contributed by atoms with Gasteiger partial charge in [-0.1, -0.05) is 29.3 Å². The van der Waals surface area contributed by atoms with Crippen molar-refractivity contribution in [2.75, 3.05) is 33.2 Å². The van der Waals surface area contributed by atoms with Gasteiger partial charge in [0.25, 0.3) is 5.91 Å². The fraction of sp³-hybridized carbons (Fsp3) is 0.480. The normalized spacial score (nSPS) is 21.4. The van der Waals surface area contributed by atoms with Crippen LogP contribution in [-0.4, -0.2) is 76.7 Å². The molecule has 1 aromatic carbocycles. The zero-order chi connectivity index (χ0) is 24.4. The number of hydrogen-bond donors (Lipinski definition) is 1. The molecule has 2 fully saturated rings. The van der Waals surface area contributed by atoms with E-state index in [-0.39, 0.29) is 35.6 Å². The minimum absolute atomic E-state index is 0.0566. The summed E-state index contributed by atoms with van der Waals surface area (Å²) < 4.78 is 0. The fourth-order valence-corrected chi connectivity index (χ4v) is 5.48. The highest BCUT2D eigenvalue weighted by Crippen LogP contribution is 2.35. The summed E-state index contributed by atoms with van der Waals surface area (Å²) in [6, 6.07) is 9.00. The van der Waals surface area contributed by atoms with Gasteiger partial charge in [0.05, 0.1) is 10.0 Å². The van der Waals surface area contributed by atoms with Crippen LogP contribution in [0.25, 0.3) is 0 Å². The van der Waals surface area contributed by atoms with Crippen LogP contribution in [0.1, 0.15) is 48.2 Å². The van der Waals surface area contributed by atoms with Gasteiger partial charge in [0.1, 0.15) is 5.69 Å². The molecular formula is C25H30Cl2N4O3. The highest BCUT2D eigenvalue weighted by atomic mass is 35.5. The minimum atomic E-state index is -0.103. The number of aromatic amines is 1. The summed E-state index contributed by atoms with van der Waals surface area (Å²) in [7, 11) is 1.81. The molecule has 2 saturated heterocycles. The minimum Gasteiger partial charge on any atom is -0.357 e. The van der Waals surface area contributed by atoms with Crippen LogP contribution in [0.2, 0.25) is 10.0 Å². The average Bonchev–Trinajstić information content (AvgIpc) is 3.39. The summed E-state index contributed by atoms with van der Waals surface area (Å²) in [6.45, 7) is 3.88. The first kappa shape index (κ1) is 24.6. The van der Waals surface area contributed by atoms with Crippen LogP contribution in [-0.2, 0) is 9.59 Å². The second-order valence-corrected chi connectivity index (χ2v) is 10.0. The Morgan fingerprint density at radius 3 is 2.32 bits per heavy atom. The predicted molar refractivity (Wildman–Crippen MR) is 132 cm³/mol. The number of hydrogen-bond acceptors (Lipinski definition) is 3. The first-order chi connectivity index (χ1) is 16.3. The molecule has 0 bridgehead atoms. The zero-order valence-electron chi connectivity index (χ0n) is 19.5. The number of nitrogens with one attached hydrogen (secondary N) is 1. The van der Waals surface area contributed by atoms with E-state index in [1.165, 1.54) is 0 Å². The number of aromatic nitrogens is 1. The summed E-state index contributed by atoms with van der Waals surface area (Å²) in [6.07, 6.45) is 3.75. The lowest BCUT2D eigenvalue weighted by Crippen LogP contribution is -2.53. The highest BCUT2D eigenvalue weighted by Gasteiger charge is 2.39. The third-order valence-electron chi connectivity index (χ3n) is 7.20. The molecule has 0 saturated carbocycles. The first-order valence-corrected chi connectivity index (χ1v) is 12.4. The SMILES string of the molecule is CC(=O)N1CCC(C(=O)N2CCC(N(C)C(=O)c3ccc[nH]3)C(c3ccc(Cl)c(Cl)c3)C2)CC1. The van der Waals surface area contributed by atoms with Crippen molar-refractivity contribution in [1.82, 2.24) is 19.7 Å². The number of nitrogens with zero attached hydrogens (tertiary/aromatic N) is 3. The molecule has 182 valence electrons. The Hall–Kier alpha value is -2.51. The lowest BCUT2D eigenvalue weighted by molar-refractivity contribution is -0.141. The van der Waals surface area contributed by atoms with E-state index >= 15 is 0 Å². The smallest absolute Gasteiger partial charge is 0.270 e. The number of amides is 3.